The first kappa shape index (κ1) is 15.4. The van der Waals surface area contributed by atoms with Crippen LogP contribution >= 0.6 is 0 Å². The first-order valence-corrected chi connectivity index (χ1v) is 7.35. The molecule has 0 saturated carbocycles. The van der Waals surface area contributed by atoms with Gasteiger partial charge in [-0.05, 0) is 38.8 Å². The van der Waals surface area contributed by atoms with Crippen LogP contribution in [0.1, 0.15) is 35.7 Å². The van der Waals surface area contributed by atoms with Crippen LogP contribution in [0, 0.1) is 12.8 Å². The number of benzene rings is 1. The minimum atomic E-state index is -0.228. The van der Waals surface area contributed by atoms with Crippen molar-refractivity contribution in [1.29, 1.82) is 0 Å². The molecule has 2 N–H and O–H groups in total. The van der Waals surface area contributed by atoms with E-state index in [1.165, 1.54) is 0 Å². The summed E-state index contributed by atoms with van der Waals surface area (Å²) in [7, 11) is 0. The van der Waals surface area contributed by atoms with E-state index in [1.54, 1.807) is 24.0 Å². The largest absolute Gasteiger partial charge is 0.466 e. The predicted molar refractivity (Wildman–Crippen MR) is 80.9 cm³/mol. The molecule has 1 saturated heterocycles. The van der Waals surface area contributed by atoms with Gasteiger partial charge in [0, 0.05) is 18.8 Å². The molecule has 1 atom stereocenters. The Hall–Kier alpha value is -2.04. The van der Waals surface area contributed by atoms with E-state index >= 15 is 0 Å². The molecule has 1 aromatic rings. The SMILES string of the molecule is CCOC(=O)C1CCCN(C(=O)c2cc(C)ccc2N)C1. The van der Waals surface area contributed by atoms with Crippen LogP contribution in [0.25, 0.3) is 0 Å². The molecular weight excluding hydrogens is 268 g/mol. The molecule has 0 radical (unpaired) electrons. The molecule has 21 heavy (non-hydrogen) atoms. The second kappa shape index (κ2) is 6.61. The lowest BCUT2D eigenvalue weighted by molar-refractivity contribution is -0.149. The molecule has 0 spiro atoms. The smallest absolute Gasteiger partial charge is 0.310 e. The zero-order valence-corrected chi connectivity index (χ0v) is 12.6. The lowest BCUT2D eigenvalue weighted by Gasteiger charge is -2.31. The van der Waals surface area contributed by atoms with Crippen molar-refractivity contribution in [1.82, 2.24) is 4.90 Å². The molecule has 1 fully saturated rings. The molecule has 114 valence electrons. The summed E-state index contributed by atoms with van der Waals surface area (Å²) in [5, 5.41) is 0. The Morgan fingerprint density at radius 3 is 2.90 bits per heavy atom. The summed E-state index contributed by atoms with van der Waals surface area (Å²) in [6, 6.07) is 5.42. The van der Waals surface area contributed by atoms with Gasteiger partial charge in [-0.2, -0.15) is 0 Å². The summed E-state index contributed by atoms with van der Waals surface area (Å²) in [5.41, 5.74) is 7.88. The van der Waals surface area contributed by atoms with Gasteiger partial charge in [0.25, 0.3) is 5.91 Å². The zero-order valence-electron chi connectivity index (χ0n) is 12.6. The fourth-order valence-electron chi connectivity index (χ4n) is 2.64. The fourth-order valence-corrected chi connectivity index (χ4v) is 2.64. The minimum Gasteiger partial charge on any atom is -0.466 e. The predicted octanol–water partition coefficient (Wildman–Crippen LogP) is 1.99. The Morgan fingerprint density at radius 1 is 1.43 bits per heavy atom. The molecule has 1 aromatic carbocycles. The van der Waals surface area contributed by atoms with Crippen molar-refractivity contribution >= 4 is 17.6 Å². The highest BCUT2D eigenvalue weighted by atomic mass is 16.5. The van der Waals surface area contributed by atoms with Gasteiger partial charge in [-0.3, -0.25) is 9.59 Å². The van der Waals surface area contributed by atoms with E-state index in [9.17, 15) is 9.59 Å². The fraction of sp³-hybridized carbons (Fsp3) is 0.500. The van der Waals surface area contributed by atoms with Crippen molar-refractivity contribution < 1.29 is 14.3 Å². The second-order valence-corrected chi connectivity index (χ2v) is 5.43. The molecule has 1 aliphatic rings. The molecule has 0 aromatic heterocycles. The third-order valence-electron chi connectivity index (χ3n) is 3.77. The number of nitrogens with two attached hydrogens (primary N) is 1. The van der Waals surface area contributed by atoms with Crippen LogP contribution in [-0.4, -0.2) is 36.5 Å². The number of aryl methyl sites for hydroxylation is 1. The number of carbonyl (C=O) groups is 2. The van der Waals surface area contributed by atoms with Crippen LogP contribution in [-0.2, 0) is 9.53 Å². The van der Waals surface area contributed by atoms with Crippen LogP contribution in [0.5, 0.6) is 0 Å². The summed E-state index contributed by atoms with van der Waals surface area (Å²) in [6.07, 6.45) is 1.58. The Bertz CT molecular complexity index is 542. The molecule has 5 nitrogen and oxygen atoms in total. The standard InChI is InChI=1S/C16H22N2O3/c1-3-21-16(20)12-5-4-8-18(10-12)15(19)13-9-11(2)6-7-14(13)17/h6-7,9,12H,3-5,8,10,17H2,1-2H3. The average Bonchev–Trinajstić information content (AvgIpc) is 2.49. The van der Waals surface area contributed by atoms with E-state index in [0.717, 1.165) is 18.4 Å². The lowest BCUT2D eigenvalue weighted by atomic mass is 9.97. The number of likely N-dealkylation sites (tertiary alicyclic amines) is 1. The van der Waals surface area contributed by atoms with Crippen LogP contribution in [0.3, 0.4) is 0 Å². The van der Waals surface area contributed by atoms with E-state index in [0.29, 0.717) is 30.9 Å². The summed E-state index contributed by atoms with van der Waals surface area (Å²) < 4.78 is 5.06. The van der Waals surface area contributed by atoms with E-state index in [2.05, 4.69) is 0 Å². The number of carbonyl (C=O) groups excluding carboxylic acids is 2. The minimum absolute atomic E-state index is 0.106. The number of hydrogen-bond donors (Lipinski definition) is 1. The van der Waals surface area contributed by atoms with Gasteiger partial charge in [-0.1, -0.05) is 11.6 Å². The van der Waals surface area contributed by atoms with Gasteiger partial charge in [0.1, 0.15) is 0 Å². The zero-order chi connectivity index (χ0) is 15.4. The quantitative estimate of drug-likeness (QED) is 0.682. The van der Waals surface area contributed by atoms with E-state index < -0.39 is 0 Å². The first-order valence-electron chi connectivity index (χ1n) is 7.35. The molecule has 1 unspecified atom stereocenters. The highest BCUT2D eigenvalue weighted by molar-refractivity contribution is 5.99. The molecule has 1 amide bonds. The molecule has 0 aliphatic carbocycles. The third-order valence-corrected chi connectivity index (χ3v) is 3.77. The van der Waals surface area contributed by atoms with Crippen LogP contribution < -0.4 is 5.73 Å². The number of ether oxygens (including phenoxy) is 1. The van der Waals surface area contributed by atoms with Crippen molar-refractivity contribution in [2.45, 2.75) is 26.7 Å². The summed E-state index contributed by atoms with van der Waals surface area (Å²) in [4.78, 5) is 26.1. The maximum absolute atomic E-state index is 12.6. The highest BCUT2D eigenvalue weighted by Gasteiger charge is 2.30. The molecule has 0 bridgehead atoms. The maximum Gasteiger partial charge on any atom is 0.310 e. The maximum atomic E-state index is 12.6. The van der Waals surface area contributed by atoms with Gasteiger partial charge < -0.3 is 15.4 Å². The molecule has 5 heteroatoms. The Kier molecular flexibility index (Phi) is 4.83. The summed E-state index contributed by atoms with van der Waals surface area (Å²) in [6.45, 7) is 5.15. The number of nitrogens with zero attached hydrogens (tertiary/aromatic N) is 1. The van der Waals surface area contributed by atoms with Crippen molar-refractivity contribution in [3.8, 4) is 0 Å². The van der Waals surface area contributed by atoms with E-state index in [4.69, 9.17) is 10.5 Å². The number of piperidine rings is 1. The van der Waals surface area contributed by atoms with E-state index in [1.807, 2.05) is 13.0 Å². The van der Waals surface area contributed by atoms with Gasteiger partial charge in [0.2, 0.25) is 0 Å². The van der Waals surface area contributed by atoms with Gasteiger partial charge in [-0.15, -0.1) is 0 Å². The summed E-state index contributed by atoms with van der Waals surface area (Å²) >= 11 is 0. The monoisotopic (exact) mass is 290 g/mol. The summed E-state index contributed by atoms with van der Waals surface area (Å²) in [5.74, 6) is -0.550. The highest BCUT2D eigenvalue weighted by Crippen LogP contribution is 2.22. The van der Waals surface area contributed by atoms with Crippen molar-refractivity contribution in [2.24, 2.45) is 5.92 Å². The Balaban J connectivity index is 2.12. The molecule has 1 heterocycles. The van der Waals surface area contributed by atoms with E-state index in [-0.39, 0.29) is 17.8 Å². The Labute approximate surface area is 125 Å². The number of amides is 1. The van der Waals surface area contributed by atoms with Crippen LogP contribution in [0.4, 0.5) is 5.69 Å². The number of nitrogen functional groups attached to an aromatic ring is 1. The first-order chi connectivity index (χ1) is 10.0. The lowest BCUT2D eigenvalue weighted by Crippen LogP contribution is -2.43. The van der Waals surface area contributed by atoms with Crippen LogP contribution in [0.15, 0.2) is 18.2 Å². The topological polar surface area (TPSA) is 72.6 Å². The number of rotatable bonds is 3. The van der Waals surface area contributed by atoms with Crippen molar-refractivity contribution in [2.75, 3.05) is 25.4 Å². The molecule has 1 aliphatic heterocycles. The van der Waals surface area contributed by atoms with Gasteiger partial charge in [-0.25, -0.2) is 0 Å². The third kappa shape index (κ3) is 3.54. The number of hydrogen-bond acceptors (Lipinski definition) is 4. The van der Waals surface area contributed by atoms with Gasteiger partial charge in [0.05, 0.1) is 18.1 Å². The average molecular weight is 290 g/mol. The van der Waals surface area contributed by atoms with Crippen molar-refractivity contribution in [3.63, 3.8) is 0 Å². The normalized spacial score (nSPS) is 18.4. The number of esters is 1. The Morgan fingerprint density at radius 2 is 2.19 bits per heavy atom. The molecular formula is C16H22N2O3. The van der Waals surface area contributed by atoms with Gasteiger partial charge in [0.15, 0.2) is 0 Å². The van der Waals surface area contributed by atoms with Crippen molar-refractivity contribution in [3.05, 3.63) is 29.3 Å². The number of anilines is 1. The van der Waals surface area contributed by atoms with Gasteiger partial charge >= 0.3 is 5.97 Å². The van der Waals surface area contributed by atoms with Crippen LogP contribution in [0.2, 0.25) is 0 Å². The second-order valence-electron chi connectivity index (χ2n) is 5.43. The molecule has 2 rings (SSSR count).